The fourth-order valence-corrected chi connectivity index (χ4v) is 1.80. The number of aryl methyl sites for hydroxylation is 1. The SMILES string of the molecule is Cc1ccc(CNCc2cc([N+](=O)[O-])c(F)cc2F)cn1. The van der Waals surface area contributed by atoms with Crippen molar-refractivity contribution in [1.82, 2.24) is 10.3 Å². The average Bonchev–Trinajstić information content (AvgIpc) is 2.43. The van der Waals surface area contributed by atoms with Gasteiger partial charge in [-0.2, -0.15) is 4.39 Å². The predicted octanol–water partition coefficient (Wildman–Crippen LogP) is 2.87. The van der Waals surface area contributed by atoms with Crippen molar-refractivity contribution >= 4 is 5.69 Å². The van der Waals surface area contributed by atoms with Crippen LogP contribution in [-0.4, -0.2) is 9.91 Å². The Morgan fingerprint density at radius 2 is 2.00 bits per heavy atom. The largest absolute Gasteiger partial charge is 0.308 e. The van der Waals surface area contributed by atoms with Crippen LogP contribution in [0, 0.1) is 28.7 Å². The Bertz CT molecular complexity index is 660. The second kappa shape index (κ2) is 6.36. The van der Waals surface area contributed by atoms with Crippen LogP contribution < -0.4 is 5.32 Å². The number of benzene rings is 1. The van der Waals surface area contributed by atoms with Gasteiger partial charge in [-0.1, -0.05) is 6.07 Å². The minimum atomic E-state index is -1.18. The van der Waals surface area contributed by atoms with Gasteiger partial charge in [0.25, 0.3) is 0 Å². The third-order valence-corrected chi connectivity index (χ3v) is 2.93. The van der Waals surface area contributed by atoms with E-state index in [4.69, 9.17) is 0 Å². The van der Waals surface area contributed by atoms with Gasteiger partial charge in [-0.15, -0.1) is 0 Å². The van der Waals surface area contributed by atoms with E-state index in [1.54, 1.807) is 6.20 Å². The summed E-state index contributed by atoms with van der Waals surface area (Å²) in [6, 6.07) is 5.16. The number of pyridine rings is 1. The molecule has 2 aromatic rings. The molecule has 0 bridgehead atoms. The molecule has 0 amide bonds. The number of nitrogens with zero attached hydrogens (tertiary/aromatic N) is 2. The lowest BCUT2D eigenvalue weighted by Gasteiger charge is -2.07. The highest BCUT2D eigenvalue weighted by atomic mass is 19.1. The Kier molecular flexibility index (Phi) is 4.54. The van der Waals surface area contributed by atoms with Crippen LogP contribution in [-0.2, 0) is 13.1 Å². The zero-order chi connectivity index (χ0) is 15.4. The normalized spacial score (nSPS) is 10.6. The van der Waals surface area contributed by atoms with E-state index in [1.165, 1.54) is 0 Å². The van der Waals surface area contributed by atoms with E-state index >= 15 is 0 Å². The van der Waals surface area contributed by atoms with E-state index in [-0.39, 0.29) is 12.1 Å². The molecule has 0 saturated carbocycles. The van der Waals surface area contributed by atoms with E-state index in [0.29, 0.717) is 12.6 Å². The molecule has 1 N–H and O–H groups in total. The van der Waals surface area contributed by atoms with Gasteiger partial charge in [0.1, 0.15) is 5.82 Å². The molecule has 0 radical (unpaired) electrons. The first-order valence-electron chi connectivity index (χ1n) is 6.22. The summed E-state index contributed by atoms with van der Waals surface area (Å²) >= 11 is 0. The molecule has 1 aromatic heterocycles. The molecule has 7 heteroatoms. The quantitative estimate of drug-likeness (QED) is 0.680. The van der Waals surface area contributed by atoms with Crippen molar-refractivity contribution in [3.05, 3.63) is 69.0 Å². The van der Waals surface area contributed by atoms with Crippen LogP contribution >= 0.6 is 0 Å². The minimum absolute atomic E-state index is 0.0446. The van der Waals surface area contributed by atoms with E-state index in [1.807, 2.05) is 19.1 Å². The number of nitro groups is 1. The topological polar surface area (TPSA) is 68.1 Å². The molecule has 5 nitrogen and oxygen atoms in total. The van der Waals surface area contributed by atoms with Crippen LogP contribution in [0.25, 0.3) is 0 Å². The number of halogens is 2. The number of nitrogens with one attached hydrogen (secondary N) is 1. The van der Waals surface area contributed by atoms with Gasteiger partial charge >= 0.3 is 5.69 Å². The van der Waals surface area contributed by atoms with Crippen molar-refractivity contribution in [2.45, 2.75) is 20.0 Å². The maximum Gasteiger partial charge on any atom is 0.305 e. The molecule has 21 heavy (non-hydrogen) atoms. The van der Waals surface area contributed by atoms with Gasteiger partial charge in [0.05, 0.1) is 4.92 Å². The summed E-state index contributed by atoms with van der Waals surface area (Å²) in [5, 5.41) is 13.6. The van der Waals surface area contributed by atoms with E-state index < -0.39 is 22.2 Å². The summed E-state index contributed by atoms with van der Waals surface area (Å²) in [5.41, 5.74) is 1.10. The lowest BCUT2D eigenvalue weighted by Crippen LogP contribution is -2.14. The van der Waals surface area contributed by atoms with E-state index in [0.717, 1.165) is 17.3 Å². The maximum absolute atomic E-state index is 13.6. The highest BCUT2D eigenvalue weighted by Gasteiger charge is 2.18. The van der Waals surface area contributed by atoms with E-state index in [9.17, 15) is 18.9 Å². The Morgan fingerprint density at radius 3 is 2.62 bits per heavy atom. The summed E-state index contributed by atoms with van der Waals surface area (Å²) in [4.78, 5) is 13.9. The first kappa shape index (κ1) is 15.0. The standard InChI is InChI=1S/C14H13F2N3O2/c1-9-2-3-10(7-18-9)6-17-8-11-4-14(19(20)21)13(16)5-12(11)15/h2-5,7,17H,6,8H2,1H3. The summed E-state index contributed by atoms with van der Waals surface area (Å²) in [6.07, 6.45) is 1.69. The maximum atomic E-state index is 13.6. The molecule has 2 rings (SSSR count). The average molecular weight is 293 g/mol. The molecule has 0 fully saturated rings. The molecule has 1 heterocycles. The third-order valence-electron chi connectivity index (χ3n) is 2.93. The fraction of sp³-hybridized carbons (Fsp3) is 0.214. The molecule has 0 atom stereocenters. The van der Waals surface area contributed by atoms with Crippen LogP contribution in [0.4, 0.5) is 14.5 Å². The minimum Gasteiger partial charge on any atom is -0.308 e. The fourth-order valence-electron chi connectivity index (χ4n) is 1.80. The number of hydrogen-bond acceptors (Lipinski definition) is 4. The Hall–Kier alpha value is -2.41. The van der Waals surface area contributed by atoms with Gasteiger partial charge in [0, 0.05) is 42.7 Å². The van der Waals surface area contributed by atoms with Crippen molar-refractivity contribution in [1.29, 1.82) is 0 Å². The number of rotatable bonds is 5. The molecule has 0 aliphatic heterocycles. The van der Waals surface area contributed by atoms with Crippen LogP contribution in [0.5, 0.6) is 0 Å². The number of hydrogen-bond donors (Lipinski definition) is 1. The Morgan fingerprint density at radius 1 is 1.24 bits per heavy atom. The van der Waals surface area contributed by atoms with Crippen molar-refractivity contribution < 1.29 is 13.7 Å². The number of nitro benzene ring substituents is 1. The van der Waals surface area contributed by atoms with Crippen LogP contribution in [0.1, 0.15) is 16.8 Å². The third kappa shape index (κ3) is 3.79. The number of aromatic nitrogens is 1. The van der Waals surface area contributed by atoms with Crippen LogP contribution in [0.3, 0.4) is 0 Å². The lowest BCUT2D eigenvalue weighted by molar-refractivity contribution is -0.387. The Labute approximate surface area is 119 Å². The summed E-state index contributed by atoms with van der Waals surface area (Å²) < 4.78 is 26.8. The zero-order valence-corrected chi connectivity index (χ0v) is 11.3. The second-order valence-electron chi connectivity index (χ2n) is 4.56. The highest BCUT2D eigenvalue weighted by Crippen LogP contribution is 2.21. The van der Waals surface area contributed by atoms with Crippen molar-refractivity contribution in [2.75, 3.05) is 0 Å². The molecule has 1 aromatic carbocycles. The molecule has 0 saturated heterocycles. The molecule has 110 valence electrons. The highest BCUT2D eigenvalue weighted by molar-refractivity contribution is 5.37. The molecular formula is C14H13F2N3O2. The molecule has 0 unspecified atom stereocenters. The molecule has 0 spiro atoms. The summed E-state index contributed by atoms with van der Waals surface area (Å²) in [7, 11) is 0. The molecule has 0 aliphatic rings. The van der Waals surface area contributed by atoms with Crippen molar-refractivity contribution in [2.24, 2.45) is 0 Å². The van der Waals surface area contributed by atoms with Crippen LogP contribution in [0.15, 0.2) is 30.5 Å². The molecular weight excluding hydrogens is 280 g/mol. The lowest BCUT2D eigenvalue weighted by atomic mass is 10.1. The smallest absolute Gasteiger partial charge is 0.305 e. The Balaban J connectivity index is 2.04. The van der Waals surface area contributed by atoms with Gasteiger partial charge in [-0.3, -0.25) is 15.1 Å². The second-order valence-corrected chi connectivity index (χ2v) is 4.56. The monoisotopic (exact) mass is 293 g/mol. The zero-order valence-electron chi connectivity index (χ0n) is 11.3. The van der Waals surface area contributed by atoms with Gasteiger partial charge in [-0.05, 0) is 18.6 Å². The van der Waals surface area contributed by atoms with Crippen LogP contribution in [0.2, 0.25) is 0 Å². The first-order chi connectivity index (χ1) is 9.97. The van der Waals surface area contributed by atoms with Crippen molar-refractivity contribution in [3.8, 4) is 0 Å². The van der Waals surface area contributed by atoms with Gasteiger partial charge < -0.3 is 5.32 Å². The van der Waals surface area contributed by atoms with Gasteiger partial charge in [0.2, 0.25) is 5.82 Å². The molecule has 0 aliphatic carbocycles. The summed E-state index contributed by atoms with van der Waals surface area (Å²) in [6.45, 7) is 2.35. The summed E-state index contributed by atoms with van der Waals surface area (Å²) in [5.74, 6) is -1.99. The van der Waals surface area contributed by atoms with Crippen molar-refractivity contribution in [3.63, 3.8) is 0 Å². The first-order valence-corrected chi connectivity index (χ1v) is 6.22. The van der Waals surface area contributed by atoms with Gasteiger partial charge in [0.15, 0.2) is 0 Å². The van der Waals surface area contributed by atoms with Gasteiger partial charge in [-0.25, -0.2) is 4.39 Å². The van der Waals surface area contributed by atoms with E-state index in [2.05, 4.69) is 10.3 Å². The predicted molar refractivity (Wildman–Crippen MR) is 72.5 cm³/mol.